The molecule has 1 spiro atoms. The van der Waals surface area contributed by atoms with E-state index in [1.54, 1.807) is 6.26 Å². The van der Waals surface area contributed by atoms with Crippen molar-refractivity contribution in [3.8, 4) is 0 Å². The zero-order valence-electron chi connectivity index (χ0n) is 12.6. The van der Waals surface area contributed by atoms with E-state index in [2.05, 4.69) is 15.8 Å². The number of anilines is 1. The van der Waals surface area contributed by atoms with Crippen molar-refractivity contribution in [3.63, 3.8) is 0 Å². The minimum absolute atomic E-state index is 0.190. The third kappa shape index (κ3) is 3.32. The zero-order chi connectivity index (χ0) is 16.4. The SMILES string of the molecule is CSc1cc(F)c(NC(=O)C2=NOC3(CCNCC3)C2)cc1F. The van der Waals surface area contributed by atoms with E-state index < -0.39 is 23.1 Å². The Balaban J connectivity index is 1.69. The fourth-order valence-electron chi connectivity index (χ4n) is 2.77. The van der Waals surface area contributed by atoms with Gasteiger partial charge in [-0.3, -0.25) is 4.79 Å². The lowest BCUT2D eigenvalue weighted by molar-refractivity contribution is -0.110. The molecule has 2 aliphatic heterocycles. The summed E-state index contributed by atoms with van der Waals surface area (Å²) in [5.74, 6) is -1.82. The Morgan fingerprint density at radius 3 is 2.78 bits per heavy atom. The van der Waals surface area contributed by atoms with Gasteiger partial charge in [-0.2, -0.15) is 0 Å². The van der Waals surface area contributed by atoms with Crippen molar-refractivity contribution < 1.29 is 18.4 Å². The molecule has 1 amide bonds. The molecule has 1 aromatic carbocycles. The van der Waals surface area contributed by atoms with Crippen molar-refractivity contribution in [3.05, 3.63) is 23.8 Å². The number of hydrogen-bond acceptors (Lipinski definition) is 5. The fourth-order valence-corrected chi connectivity index (χ4v) is 3.24. The summed E-state index contributed by atoms with van der Waals surface area (Å²) in [5.41, 5.74) is -0.426. The maximum Gasteiger partial charge on any atom is 0.273 e. The van der Waals surface area contributed by atoms with Crippen molar-refractivity contribution in [1.29, 1.82) is 0 Å². The molecular formula is C15H17F2N3O2S. The predicted molar refractivity (Wildman–Crippen MR) is 84.7 cm³/mol. The number of nitrogens with one attached hydrogen (secondary N) is 2. The van der Waals surface area contributed by atoms with Crippen LogP contribution in [0.15, 0.2) is 22.2 Å². The van der Waals surface area contributed by atoms with Crippen LogP contribution < -0.4 is 10.6 Å². The Bertz CT molecular complexity index is 660. The Kier molecular flexibility index (Phi) is 4.54. The van der Waals surface area contributed by atoms with Gasteiger partial charge in [0.25, 0.3) is 5.91 Å². The smallest absolute Gasteiger partial charge is 0.273 e. The molecule has 0 aromatic heterocycles. The standard InChI is InChI=1S/C15H17F2N3O2S/c1-23-13-7-9(16)11(6-10(13)17)19-14(21)12-8-15(22-20-12)2-4-18-5-3-15/h6-7,18H,2-5,8H2,1H3,(H,19,21). The highest BCUT2D eigenvalue weighted by Gasteiger charge is 2.42. The lowest BCUT2D eigenvalue weighted by atomic mass is 9.87. The molecule has 0 aliphatic carbocycles. The molecule has 2 N–H and O–H groups in total. The molecule has 124 valence electrons. The number of amides is 1. The van der Waals surface area contributed by atoms with Crippen LogP contribution in [0.4, 0.5) is 14.5 Å². The van der Waals surface area contributed by atoms with Crippen LogP contribution in [0.5, 0.6) is 0 Å². The molecule has 2 heterocycles. The number of halogens is 2. The highest BCUT2D eigenvalue weighted by Crippen LogP contribution is 2.33. The van der Waals surface area contributed by atoms with Crippen LogP contribution in [-0.2, 0) is 9.63 Å². The van der Waals surface area contributed by atoms with E-state index in [-0.39, 0.29) is 16.3 Å². The molecule has 5 nitrogen and oxygen atoms in total. The average Bonchev–Trinajstić information content (AvgIpc) is 2.95. The monoisotopic (exact) mass is 341 g/mol. The third-order valence-electron chi connectivity index (χ3n) is 4.11. The second-order valence-electron chi connectivity index (χ2n) is 5.66. The number of rotatable bonds is 3. The van der Waals surface area contributed by atoms with Gasteiger partial charge in [-0.25, -0.2) is 8.78 Å². The van der Waals surface area contributed by atoms with Gasteiger partial charge in [0.05, 0.1) is 5.69 Å². The Morgan fingerprint density at radius 2 is 2.09 bits per heavy atom. The Labute approximate surface area is 136 Å². The first-order valence-electron chi connectivity index (χ1n) is 7.33. The largest absolute Gasteiger partial charge is 0.388 e. The molecule has 0 unspecified atom stereocenters. The van der Waals surface area contributed by atoms with Crippen molar-refractivity contribution in [2.24, 2.45) is 5.16 Å². The van der Waals surface area contributed by atoms with E-state index >= 15 is 0 Å². The number of thioether (sulfide) groups is 1. The predicted octanol–water partition coefficient (Wildman–Crippen LogP) is 2.52. The fraction of sp³-hybridized carbons (Fsp3) is 0.467. The topological polar surface area (TPSA) is 62.7 Å². The summed E-state index contributed by atoms with van der Waals surface area (Å²) < 4.78 is 27.7. The summed E-state index contributed by atoms with van der Waals surface area (Å²) in [6.45, 7) is 1.61. The average molecular weight is 341 g/mol. The highest BCUT2D eigenvalue weighted by atomic mass is 32.2. The van der Waals surface area contributed by atoms with Crippen LogP contribution in [0.1, 0.15) is 19.3 Å². The van der Waals surface area contributed by atoms with Gasteiger partial charge in [0, 0.05) is 30.2 Å². The van der Waals surface area contributed by atoms with Crippen LogP contribution >= 0.6 is 11.8 Å². The summed E-state index contributed by atoms with van der Waals surface area (Å²) in [4.78, 5) is 17.9. The van der Waals surface area contributed by atoms with E-state index in [4.69, 9.17) is 4.84 Å². The molecular weight excluding hydrogens is 324 g/mol. The van der Waals surface area contributed by atoms with E-state index in [0.29, 0.717) is 6.42 Å². The minimum atomic E-state index is -0.680. The lowest BCUT2D eigenvalue weighted by Crippen LogP contribution is -2.42. The normalized spacial score (nSPS) is 19.3. The number of nitrogens with zero attached hydrogens (tertiary/aromatic N) is 1. The molecule has 23 heavy (non-hydrogen) atoms. The van der Waals surface area contributed by atoms with Crippen molar-refractivity contribution in [1.82, 2.24) is 5.32 Å². The summed E-state index contributed by atoms with van der Waals surface area (Å²) in [5, 5.41) is 9.45. The van der Waals surface area contributed by atoms with E-state index in [0.717, 1.165) is 49.8 Å². The van der Waals surface area contributed by atoms with Gasteiger partial charge in [-0.05, 0) is 25.4 Å². The highest BCUT2D eigenvalue weighted by molar-refractivity contribution is 7.98. The van der Waals surface area contributed by atoms with Gasteiger partial charge in [0.15, 0.2) is 0 Å². The van der Waals surface area contributed by atoms with Gasteiger partial charge in [0.1, 0.15) is 22.9 Å². The first-order chi connectivity index (χ1) is 11.0. The van der Waals surface area contributed by atoms with Gasteiger partial charge in [0.2, 0.25) is 0 Å². The zero-order valence-corrected chi connectivity index (χ0v) is 13.4. The Morgan fingerprint density at radius 1 is 1.35 bits per heavy atom. The first kappa shape index (κ1) is 16.2. The second kappa shape index (κ2) is 6.45. The summed E-state index contributed by atoms with van der Waals surface area (Å²) in [6, 6.07) is 2.05. The molecule has 2 aliphatic rings. The van der Waals surface area contributed by atoms with Crippen LogP contribution in [0.25, 0.3) is 0 Å². The molecule has 8 heteroatoms. The number of piperidine rings is 1. The maximum atomic E-state index is 13.9. The summed E-state index contributed by atoms with van der Waals surface area (Å²) in [6.07, 6.45) is 3.56. The van der Waals surface area contributed by atoms with Crippen LogP contribution in [0, 0.1) is 11.6 Å². The number of oxime groups is 1. The number of carbonyl (C=O) groups excluding carboxylic acids is 1. The molecule has 1 fully saturated rings. The lowest BCUT2D eigenvalue weighted by Gasteiger charge is -2.30. The van der Waals surface area contributed by atoms with Crippen molar-refractivity contribution in [2.75, 3.05) is 24.7 Å². The molecule has 1 saturated heterocycles. The van der Waals surface area contributed by atoms with E-state index in [9.17, 15) is 13.6 Å². The van der Waals surface area contributed by atoms with Gasteiger partial charge >= 0.3 is 0 Å². The van der Waals surface area contributed by atoms with Crippen molar-refractivity contribution >= 4 is 29.1 Å². The molecule has 1 aromatic rings. The van der Waals surface area contributed by atoms with E-state index in [1.165, 1.54) is 0 Å². The maximum absolute atomic E-state index is 13.9. The Hall–Kier alpha value is -1.67. The first-order valence-corrected chi connectivity index (χ1v) is 8.56. The number of benzene rings is 1. The second-order valence-corrected chi connectivity index (χ2v) is 6.51. The number of hydrogen-bond donors (Lipinski definition) is 2. The van der Waals surface area contributed by atoms with E-state index in [1.807, 2.05) is 0 Å². The molecule has 0 radical (unpaired) electrons. The minimum Gasteiger partial charge on any atom is -0.388 e. The van der Waals surface area contributed by atoms with Gasteiger partial charge in [-0.15, -0.1) is 11.8 Å². The van der Waals surface area contributed by atoms with Gasteiger partial charge in [-0.1, -0.05) is 5.16 Å². The number of carbonyl (C=O) groups is 1. The summed E-state index contributed by atoms with van der Waals surface area (Å²) >= 11 is 1.10. The third-order valence-corrected chi connectivity index (χ3v) is 4.86. The quantitative estimate of drug-likeness (QED) is 0.830. The van der Waals surface area contributed by atoms with Crippen LogP contribution in [-0.4, -0.2) is 36.6 Å². The van der Waals surface area contributed by atoms with Gasteiger partial charge < -0.3 is 15.5 Å². The molecule has 3 rings (SSSR count). The molecule has 0 saturated carbocycles. The van der Waals surface area contributed by atoms with Crippen molar-refractivity contribution in [2.45, 2.75) is 29.8 Å². The molecule has 0 atom stereocenters. The van der Waals surface area contributed by atoms with Crippen LogP contribution in [0.2, 0.25) is 0 Å². The summed E-state index contributed by atoms with van der Waals surface area (Å²) in [7, 11) is 0. The van der Waals surface area contributed by atoms with Crippen LogP contribution in [0.3, 0.4) is 0 Å². The molecule has 0 bridgehead atoms.